The number of rotatable bonds is 5. The number of aryl methyl sites for hydroxylation is 1. The zero-order chi connectivity index (χ0) is 21.1. The fourth-order valence-electron chi connectivity index (χ4n) is 4.40. The van der Waals surface area contributed by atoms with Crippen LogP contribution in [0.1, 0.15) is 53.2 Å². The largest absolute Gasteiger partial charge is 0.452 e. The van der Waals surface area contributed by atoms with Crippen molar-refractivity contribution >= 4 is 23.5 Å². The van der Waals surface area contributed by atoms with Crippen LogP contribution in [0.3, 0.4) is 0 Å². The van der Waals surface area contributed by atoms with Gasteiger partial charge in [-0.15, -0.1) is 0 Å². The molecule has 2 aliphatic rings. The third-order valence-electron chi connectivity index (χ3n) is 6.01. The Hall–Kier alpha value is -3.15. The van der Waals surface area contributed by atoms with Gasteiger partial charge in [-0.1, -0.05) is 36.4 Å². The Bertz CT molecular complexity index is 971. The third kappa shape index (κ3) is 3.95. The maximum atomic E-state index is 12.8. The van der Waals surface area contributed by atoms with Gasteiger partial charge in [-0.2, -0.15) is 0 Å². The van der Waals surface area contributed by atoms with Crippen LogP contribution in [-0.2, 0) is 20.7 Å². The number of hydrogen-bond acceptors (Lipinski definition) is 4. The zero-order valence-electron chi connectivity index (χ0n) is 17.2. The number of para-hydroxylation sites is 1. The smallest absolute Gasteiger partial charge is 0.340 e. The Labute approximate surface area is 176 Å². The number of likely N-dealkylation sites (N-methyl/N-ethyl adjacent to an activating group) is 1. The standard InChI is InChI=1S/C24H26N2O4/c1-25(20-13-6-9-17-8-2-3-10-18(17)20)23(28)16-30-24(29)19-11-4-5-12-21(19)26-15-7-14-22(26)27/h2-5,8,10-12,20H,6-7,9,13-16H2,1H3/t20-/m1/s1. The van der Waals surface area contributed by atoms with E-state index in [1.165, 1.54) is 11.1 Å². The van der Waals surface area contributed by atoms with Crippen LogP contribution in [0.25, 0.3) is 0 Å². The number of esters is 1. The van der Waals surface area contributed by atoms with Crippen molar-refractivity contribution < 1.29 is 19.1 Å². The second-order valence-corrected chi connectivity index (χ2v) is 7.85. The Morgan fingerprint density at radius 2 is 1.83 bits per heavy atom. The van der Waals surface area contributed by atoms with Gasteiger partial charge in [0.05, 0.1) is 17.3 Å². The van der Waals surface area contributed by atoms with E-state index < -0.39 is 5.97 Å². The zero-order valence-corrected chi connectivity index (χ0v) is 17.2. The van der Waals surface area contributed by atoms with Crippen molar-refractivity contribution in [2.45, 2.75) is 38.1 Å². The Balaban J connectivity index is 1.43. The van der Waals surface area contributed by atoms with Crippen LogP contribution >= 0.6 is 0 Å². The summed E-state index contributed by atoms with van der Waals surface area (Å²) in [5, 5.41) is 0. The summed E-state index contributed by atoms with van der Waals surface area (Å²) in [5.74, 6) is -0.821. The molecule has 0 saturated carbocycles. The highest BCUT2D eigenvalue weighted by atomic mass is 16.5. The topological polar surface area (TPSA) is 66.9 Å². The first-order valence-electron chi connectivity index (χ1n) is 10.5. The second-order valence-electron chi connectivity index (χ2n) is 7.85. The average Bonchev–Trinajstić information content (AvgIpc) is 3.22. The number of benzene rings is 2. The van der Waals surface area contributed by atoms with Crippen molar-refractivity contribution in [3.8, 4) is 0 Å². The fourth-order valence-corrected chi connectivity index (χ4v) is 4.40. The maximum absolute atomic E-state index is 12.8. The molecule has 1 saturated heterocycles. The van der Waals surface area contributed by atoms with Crippen LogP contribution in [0.4, 0.5) is 5.69 Å². The van der Waals surface area contributed by atoms with Gasteiger partial charge in [0.15, 0.2) is 6.61 Å². The molecular formula is C24H26N2O4. The Morgan fingerprint density at radius 3 is 2.63 bits per heavy atom. The molecule has 1 aliphatic carbocycles. The molecule has 2 aromatic rings. The van der Waals surface area contributed by atoms with Gasteiger partial charge < -0.3 is 14.5 Å². The fraction of sp³-hybridized carbons (Fsp3) is 0.375. The van der Waals surface area contributed by atoms with E-state index in [9.17, 15) is 14.4 Å². The number of amides is 2. The molecule has 0 bridgehead atoms. The lowest BCUT2D eigenvalue weighted by molar-refractivity contribution is -0.135. The summed E-state index contributed by atoms with van der Waals surface area (Å²) >= 11 is 0. The van der Waals surface area contributed by atoms with Gasteiger partial charge in [0.2, 0.25) is 5.91 Å². The van der Waals surface area contributed by atoms with Gasteiger partial charge in [0.1, 0.15) is 0 Å². The van der Waals surface area contributed by atoms with Gasteiger partial charge in [0, 0.05) is 20.0 Å². The van der Waals surface area contributed by atoms with Crippen LogP contribution < -0.4 is 4.90 Å². The first kappa shape index (κ1) is 20.1. The maximum Gasteiger partial charge on any atom is 0.340 e. The molecule has 0 radical (unpaired) electrons. The van der Waals surface area contributed by atoms with E-state index in [-0.39, 0.29) is 24.5 Å². The molecule has 0 N–H and O–H groups in total. The quantitative estimate of drug-likeness (QED) is 0.713. The number of hydrogen-bond donors (Lipinski definition) is 0. The molecule has 2 amide bonds. The molecule has 0 unspecified atom stereocenters. The Morgan fingerprint density at radius 1 is 1.07 bits per heavy atom. The van der Waals surface area contributed by atoms with Gasteiger partial charge in [-0.25, -0.2) is 4.79 Å². The van der Waals surface area contributed by atoms with Gasteiger partial charge in [-0.05, 0) is 48.9 Å². The van der Waals surface area contributed by atoms with Crippen molar-refractivity contribution in [2.75, 3.05) is 25.1 Å². The molecule has 2 aromatic carbocycles. The molecular weight excluding hydrogens is 380 g/mol. The highest BCUT2D eigenvalue weighted by Crippen LogP contribution is 2.33. The van der Waals surface area contributed by atoms with Crippen molar-refractivity contribution in [1.29, 1.82) is 0 Å². The van der Waals surface area contributed by atoms with E-state index in [4.69, 9.17) is 4.74 Å². The van der Waals surface area contributed by atoms with Crippen LogP contribution in [0.5, 0.6) is 0 Å². The summed E-state index contributed by atoms with van der Waals surface area (Å²) in [5.41, 5.74) is 3.30. The lowest BCUT2D eigenvalue weighted by atomic mass is 9.87. The lowest BCUT2D eigenvalue weighted by Gasteiger charge is -2.33. The van der Waals surface area contributed by atoms with E-state index in [1.54, 1.807) is 41.1 Å². The van der Waals surface area contributed by atoms with Crippen LogP contribution in [0.2, 0.25) is 0 Å². The van der Waals surface area contributed by atoms with E-state index in [0.717, 1.165) is 25.7 Å². The predicted molar refractivity (Wildman–Crippen MR) is 113 cm³/mol. The van der Waals surface area contributed by atoms with E-state index in [1.807, 2.05) is 12.1 Å². The highest BCUT2D eigenvalue weighted by Gasteiger charge is 2.29. The summed E-state index contributed by atoms with van der Waals surface area (Å²) in [6, 6.07) is 15.1. The number of fused-ring (bicyclic) bond motifs is 1. The molecule has 0 aromatic heterocycles. The predicted octanol–water partition coefficient (Wildman–Crippen LogP) is 3.51. The number of carbonyl (C=O) groups is 3. The van der Waals surface area contributed by atoms with E-state index >= 15 is 0 Å². The molecule has 1 atom stereocenters. The van der Waals surface area contributed by atoms with Crippen molar-refractivity contribution in [1.82, 2.24) is 4.90 Å². The molecule has 1 fully saturated rings. The van der Waals surface area contributed by atoms with Crippen molar-refractivity contribution in [3.63, 3.8) is 0 Å². The third-order valence-corrected chi connectivity index (χ3v) is 6.01. The van der Waals surface area contributed by atoms with Crippen LogP contribution in [0, 0.1) is 0 Å². The summed E-state index contributed by atoms with van der Waals surface area (Å²) in [7, 11) is 1.76. The molecule has 1 aliphatic heterocycles. The van der Waals surface area contributed by atoms with Crippen LogP contribution in [-0.4, -0.2) is 42.9 Å². The molecule has 6 nitrogen and oxygen atoms in total. The normalized spacial score (nSPS) is 18.1. The Kier molecular flexibility index (Phi) is 5.84. The van der Waals surface area contributed by atoms with Crippen molar-refractivity contribution in [3.05, 3.63) is 65.2 Å². The minimum Gasteiger partial charge on any atom is -0.452 e. The molecule has 1 heterocycles. The summed E-state index contributed by atoms with van der Waals surface area (Å²) < 4.78 is 5.36. The second kappa shape index (κ2) is 8.69. The minimum atomic E-state index is -0.587. The van der Waals surface area contributed by atoms with E-state index in [0.29, 0.717) is 24.2 Å². The van der Waals surface area contributed by atoms with Crippen LogP contribution in [0.15, 0.2) is 48.5 Å². The number of nitrogens with zero attached hydrogens (tertiary/aromatic N) is 2. The average molecular weight is 406 g/mol. The molecule has 30 heavy (non-hydrogen) atoms. The number of carbonyl (C=O) groups excluding carboxylic acids is 3. The molecule has 156 valence electrons. The summed E-state index contributed by atoms with van der Waals surface area (Å²) in [6.45, 7) is 0.266. The van der Waals surface area contributed by atoms with Gasteiger partial charge >= 0.3 is 5.97 Å². The first-order chi connectivity index (χ1) is 14.6. The summed E-state index contributed by atoms with van der Waals surface area (Å²) in [6.07, 6.45) is 4.20. The number of anilines is 1. The molecule has 0 spiro atoms. The van der Waals surface area contributed by atoms with E-state index in [2.05, 4.69) is 12.1 Å². The minimum absolute atomic E-state index is 0.00187. The molecule has 4 rings (SSSR count). The van der Waals surface area contributed by atoms with Gasteiger partial charge in [-0.3, -0.25) is 9.59 Å². The monoisotopic (exact) mass is 406 g/mol. The SMILES string of the molecule is CN(C(=O)COC(=O)c1ccccc1N1CCCC1=O)[C@@H]1CCCc2ccccc21. The van der Waals surface area contributed by atoms with Crippen molar-refractivity contribution in [2.24, 2.45) is 0 Å². The lowest BCUT2D eigenvalue weighted by Crippen LogP contribution is -2.36. The summed E-state index contributed by atoms with van der Waals surface area (Å²) in [4.78, 5) is 40.9. The highest BCUT2D eigenvalue weighted by molar-refractivity contribution is 6.03. The first-order valence-corrected chi connectivity index (χ1v) is 10.5. The molecule has 6 heteroatoms. The number of ether oxygens (including phenoxy) is 1. The van der Waals surface area contributed by atoms with Gasteiger partial charge in [0.25, 0.3) is 5.91 Å².